The third-order valence-electron chi connectivity index (χ3n) is 6.53. The lowest BCUT2D eigenvalue weighted by Gasteiger charge is -2.37. The number of ether oxygens (including phenoxy) is 1. The summed E-state index contributed by atoms with van der Waals surface area (Å²) in [5.41, 5.74) is 4.19. The van der Waals surface area contributed by atoms with Crippen molar-refractivity contribution in [3.05, 3.63) is 59.2 Å². The van der Waals surface area contributed by atoms with Crippen molar-refractivity contribution in [3.8, 4) is 5.75 Å². The van der Waals surface area contributed by atoms with Crippen LogP contribution in [0.1, 0.15) is 49.4 Å². The number of anilines is 1. The van der Waals surface area contributed by atoms with E-state index in [2.05, 4.69) is 53.1 Å². The van der Waals surface area contributed by atoms with E-state index in [1.54, 1.807) is 12.0 Å². The molecule has 160 valence electrons. The highest BCUT2D eigenvalue weighted by Crippen LogP contribution is 2.40. The van der Waals surface area contributed by atoms with Crippen molar-refractivity contribution >= 4 is 11.6 Å². The molecule has 2 heterocycles. The third kappa shape index (κ3) is 3.96. The number of piperidine rings is 1. The van der Waals surface area contributed by atoms with Crippen LogP contribution in [0.2, 0.25) is 0 Å². The summed E-state index contributed by atoms with van der Waals surface area (Å²) in [6, 6.07) is 15.5. The van der Waals surface area contributed by atoms with E-state index >= 15 is 0 Å². The van der Waals surface area contributed by atoms with Gasteiger partial charge in [0.15, 0.2) is 0 Å². The Morgan fingerprint density at radius 1 is 1.23 bits per heavy atom. The van der Waals surface area contributed by atoms with Gasteiger partial charge >= 0.3 is 0 Å². The van der Waals surface area contributed by atoms with Crippen molar-refractivity contribution in [1.82, 2.24) is 10.6 Å². The molecule has 0 aliphatic carbocycles. The molecule has 2 aromatic rings. The maximum absolute atomic E-state index is 12.8. The van der Waals surface area contributed by atoms with Crippen molar-refractivity contribution < 1.29 is 9.53 Å². The fraction of sp³-hybridized carbons (Fsp3) is 0.480. The summed E-state index contributed by atoms with van der Waals surface area (Å²) in [7, 11) is 3.60. The lowest BCUT2D eigenvalue weighted by molar-refractivity contribution is -0.126. The largest absolute Gasteiger partial charge is 0.496 e. The second-order valence-corrected chi connectivity index (χ2v) is 9.19. The highest BCUT2D eigenvalue weighted by atomic mass is 16.5. The van der Waals surface area contributed by atoms with E-state index in [4.69, 9.17) is 4.74 Å². The summed E-state index contributed by atoms with van der Waals surface area (Å²) >= 11 is 0. The SMILES string of the molecule is COc1cc2c(cc1CNC1CCCNC1c1ccccc1)N(C)C(=O)C(C)(C)C2. The first-order valence-corrected chi connectivity index (χ1v) is 10.9. The predicted octanol–water partition coefficient (Wildman–Crippen LogP) is 3.82. The fourth-order valence-electron chi connectivity index (χ4n) is 4.91. The Morgan fingerprint density at radius 3 is 2.73 bits per heavy atom. The molecular formula is C25H33N3O2. The number of carbonyl (C=O) groups excluding carboxylic acids is 1. The van der Waals surface area contributed by atoms with Crippen LogP contribution in [0.5, 0.6) is 5.75 Å². The Balaban J connectivity index is 1.57. The zero-order chi connectivity index (χ0) is 21.3. The number of hydrogen-bond donors (Lipinski definition) is 2. The Hall–Kier alpha value is -2.37. The van der Waals surface area contributed by atoms with Gasteiger partial charge in [0, 0.05) is 42.3 Å². The second-order valence-electron chi connectivity index (χ2n) is 9.19. The Kier molecular flexibility index (Phi) is 5.85. The number of hydrogen-bond acceptors (Lipinski definition) is 4. The van der Waals surface area contributed by atoms with Gasteiger partial charge in [0.2, 0.25) is 5.91 Å². The molecule has 2 atom stereocenters. The van der Waals surface area contributed by atoms with E-state index in [9.17, 15) is 4.79 Å². The molecule has 2 aliphatic heterocycles. The second kappa shape index (κ2) is 8.40. The topological polar surface area (TPSA) is 53.6 Å². The van der Waals surface area contributed by atoms with Gasteiger partial charge in [-0.25, -0.2) is 0 Å². The number of carbonyl (C=O) groups is 1. The Bertz CT molecular complexity index is 910. The van der Waals surface area contributed by atoms with Gasteiger partial charge in [-0.15, -0.1) is 0 Å². The molecule has 1 amide bonds. The van der Waals surface area contributed by atoms with Crippen LogP contribution in [0.25, 0.3) is 0 Å². The summed E-state index contributed by atoms with van der Waals surface area (Å²) < 4.78 is 5.73. The Labute approximate surface area is 179 Å². The zero-order valence-electron chi connectivity index (χ0n) is 18.5. The van der Waals surface area contributed by atoms with E-state index < -0.39 is 0 Å². The lowest BCUT2D eigenvalue weighted by atomic mass is 9.80. The lowest BCUT2D eigenvalue weighted by Crippen LogP contribution is -2.46. The average molecular weight is 408 g/mol. The number of rotatable bonds is 5. The highest BCUT2D eigenvalue weighted by Gasteiger charge is 2.38. The van der Waals surface area contributed by atoms with Crippen LogP contribution in [-0.4, -0.2) is 32.7 Å². The summed E-state index contributed by atoms with van der Waals surface area (Å²) in [5, 5.41) is 7.44. The van der Waals surface area contributed by atoms with Crippen LogP contribution >= 0.6 is 0 Å². The molecule has 0 aromatic heterocycles. The molecule has 1 fully saturated rings. The normalized spacial score (nSPS) is 23.2. The molecule has 5 nitrogen and oxygen atoms in total. The van der Waals surface area contributed by atoms with E-state index in [1.807, 2.05) is 20.9 Å². The molecule has 0 radical (unpaired) electrons. The van der Waals surface area contributed by atoms with Gasteiger partial charge in [-0.2, -0.15) is 0 Å². The molecule has 2 N–H and O–H groups in total. The first kappa shape index (κ1) is 20.9. The van der Waals surface area contributed by atoms with Crippen LogP contribution in [0.3, 0.4) is 0 Å². The molecule has 2 aliphatic rings. The molecule has 2 aromatic carbocycles. The van der Waals surface area contributed by atoms with Crippen molar-refractivity contribution in [2.75, 3.05) is 25.6 Å². The van der Waals surface area contributed by atoms with Gasteiger partial charge in [0.05, 0.1) is 7.11 Å². The van der Waals surface area contributed by atoms with Crippen molar-refractivity contribution in [2.24, 2.45) is 5.41 Å². The van der Waals surface area contributed by atoms with Crippen molar-refractivity contribution in [3.63, 3.8) is 0 Å². The molecule has 0 bridgehead atoms. The number of nitrogens with zero attached hydrogens (tertiary/aromatic N) is 1. The van der Waals surface area contributed by atoms with E-state index in [0.29, 0.717) is 18.6 Å². The smallest absolute Gasteiger partial charge is 0.232 e. The van der Waals surface area contributed by atoms with Crippen molar-refractivity contribution in [1.29, 1.82) is 0 Å². The molecule has 0 spiro atoms. The van der Waals surface area contributed by atoms with Gasteiger partial charge in [-0.3, -0.25) is 4.79 Å². The van der Waals surface area contributed by atoms with E-state index in [1.165, 1.54) is 11.1 Å². The quantitative estimate of drug-likeness (QED) is 0.791. The van der Waals surface area contributed by atoms with Gasteiger partial charge in [0.25, 0.3) is 0 Å². The minimum absolute atomic E-state index is 0.166. The maximum Gasteiger partial charge on any atom is 0.232 e. The maximum atomic E-state index is 12.8. The standard InChI is InChI=1S/C25H33N3O2/c1-25(2)15-18-14-22(30-4)19(13-21(18)28(3)24(25)29)16-27-20-11-8-12-26-23(20)17-9-6-5-7-10-17/h5-7,9-10,13-14,20,23,26-27H,8,11-12,15-16H2,1-4H3. The van der Waals surface area contributed by atoms with Gasteiger partial charge in [0.1, 0.15) is 5.75 Å². The highest BCUT2D eigenvalue weighted by molar-refractivity contribution is 6.00. The predicted molar refractivity (Wildman–Crippen MR) is 121 cm³/mol. The molecular weight excluding hydrogens is 374 g/mol. The minimum atomic E-state index is -0.386. The molecule has 2 unspecified atom stereocenters. The van der Waals surface area contributed by atoms with E-state index in [0.717, 1.165) is 42.8 Å². The zero-order valence-corrected chi connectivity index (χ0v) is 18.5. The number of nitrogens with one attached hydrogen (secondary N) is 2. The average Bonchev–Trinajstić information content (AvgIpc) is 2.76. The summed E-state index contributed by atoms with van der Waals surface area (Å²) in [5.74, 6) is 1.06. The first-order chi connectivity index (χ1) is 14.4. The molecule has 5 heteroatoms. The summed E-state index contributed by atoms with van der Waals surface area (Å²) in [4.78, 5) is 14.6. The molecule has 0 saturated carbocycles. The van der Waals surface area contributed by atoms with Gasteiger partial charge in [-0.1, -0.05) is 44.2 Å². The van der Waals surface area contributed by atoms with Crippen LogP contribution in [-0.2, 0) is 17.8 Å². The monoisotopic (exact) mass is 407 g/mol. The molecule has 30 heavy (non-hydrogen) atoms. The fourth-order valence-corrected chi connectivity index (χ4v) is 4.91. The van der Waals surface area contributed by atoms with Gasteiger partial charge < -0.3 is 20.3 Å². The number of benzene rings is 2. The molecule has 1 saturated heterocycles. The third-order valence-corrected chi connectivity index (χ3v) is 6.53. The van der Waals surface area contributed by atoms with Crippen LogP contribution in [0.4, 0.5) is 5.69 Å². The minimum Gasteiger partial charge on any atom is -0.496 e. The van der Waals surface area contributed by atoms with E-state index in [-0.39, 0.29) is 11.3 Å². The number of amides is 1. The van der Waals surface area contributed by atoms with Crippen LogP contribution in [0, 0.1) is 5.41 Å². The van der Waals surface area contributed by atoms with Gasteiger partial charge in [-0.05, 0) is 49.1 Å². The number of methoxy groups -OCH3 is 1. The van der Waals surface area contributed by atoms with Crippen molar-refractivity contribution in [2.45, 2.75) is 51.7 Å². The number of fused-ring (bicyclic) bond motifs is 1. The Morgan fingerprint density at radius 2 is 2.00 bits per heavy atom. The summed E-state index contributed by atoms with van der Waals surface area (Å²) in [6.07, 6.45) is 3.03. The first-order valence-electron chi connectivity index (χ1n) is 10.9. The van der Waals surface area contributed by atoms with Crippen LogP contribution < -0.4 is 20.3 Å². The summed E-state index contributed by atoms with van der Waals surface area (Å²) in [6.45, 7) is 5.77. The van der Waals surface area contributed by atoms with Crippen LogP contribution in [0.15, 0.2) is 42.5 Å². The molecule has 4 rings (SSSR count).